The van der Waals surface area contributed by atoms with Crippen LogP contribution in [0.15, 0.2) is 76.5 Å². The molecule has 2 aliphatic heterocycles. The van der Waals surface area contributed by atoms with Crippen LogP contribution in [-0.2, 0) is 47.3 Å². The SMILES string of the molecule is CCN1C(C(=O)N[C@@H](Cc2ccccc2)C(=O)C(=O)NCCCNS(=O)(=O)c2ccc(F)cc2)Cc2cc3c(cc2S1(=O)=O)OCCO3. The number of carbonyl (C=O) groups excluding carboxylic acids is 3. The smallest absolute Gasteiger partial charge is 0.289 e. The molecule has 0 bridgehead atoms. The van der Waals surface area contributed by atoms with E-state index in [1.807, 2.05) is 0 Å². The summed E-state index contributed by atoms with van der Waals surface area (Å²) in [5, 5.41) is 5.08. The van der Waals surface area contributed by atoms with Gasteiger partial charge in [0, 0.05) is 32.1 Å². The molecule has 0 aliphatic carbocycles. The van der Waals surface area contributed by atoms with Crippen molar-refractivity contribution in [2.24, 2.45) is 0 Å². The molecule has 2 heterocycles. The average molecular weight is 703 g/mol. The van der Waals surface area contributed by atoms with Crippen molar-refractivity contribution in [3.63, 3.8) is 0 Å². The summed E-state index contributed by atoms with van der Waals surface area (Å²) in [6.07, 6.45) is 0.0761. The minimum atomic E-state index is -4.13. The molecule has 3 aromatic carbocycles. The zero-order valence-corrected chi connectivity index (χ0v) is 27.6. The summed E-state index contributed by atoms with van der Waals surface area (Å²) in [5.74, 6) is -2.62. The van der Waals surface area contributed by atoms with Crippen LogP contribution >= 0.6 is 0 Å². The number of fused-ring (bicyclic) bond motifs is 2. The molecule has 2 atom stereocenters. The molecular formula is C32H35FN4O9S2. The van der Waals surface area contributed by atoms with Gasteiger partial charge in [0.15, 0.2) is 11.5 Å². The standard InChI is InChI=1S/C32H35FN4O9S2/c1-2-37-26(18-22-19-27-28(46-16-15-45-27)20-29(22)48(37,43)44)31(39)36-25(17-21-7-4-3-5-8-21)30(38)32(40)34-13-6-14-35-47(41,42)24-11-9-23(33)10-12-24/h3-5,7-12,19-20,25-26,35H,2,6,13-18H2,1H3,(H,34,40)(H,36,39)/t25-,26?/m0/s1. The number of amides is 2. The van der Waals surface area contributed by atoms with Gasteiger partial charge in [-0.15, -0.1) is 0 Å². The molecule has 3 aromatic rings. The molecule has 0 radical (unpaired) electrons. The van der Waals surface area contributed by atoms with Gasteiger partial charge < -0.3 is 20.1 Å². The van der Waals surface area contributed by atoms with E-state index in [0.29, 0.717) is 29.2 Å². The molecule has 2 aliphatic rings. The van der Waals surface area contributed by atoms with Gasteiger partial charge in [-0.05, 0) is 54.3 Å². The quantitative estimate of drug-likeness (QED) is 0.175. The molecule has 256 valence electrons. The van der Waals surface area contributed by atoms with E-state index in [4.69, 9.17) is 9.47 Å². The van der Waals surface area contributed by atoms with Crippen LogP contribution in [0.1, 0.15) is 24.5 Å². The third-order valence-corrected chi connectivity index (χ3v) is 11.4. The Morgan fingerprint density at radius 2 is 1.65 bits per heavy atom. The van der Waals surface area contributed by atoms with E-state index in [9.17, 15) is 35.6 Å². The summed E-state index contributed by atoms with van der Waals surface area (Å²) in [6, 6.07) is 13.4. The number of benzene rings is 3. The predicted octanol–water partition coefficient (Wildman–Crippen LogP) is 1.31. The Morgan fingerprint density at radius 3 is 2.31 bits per heavy atom. The van der Waals surface area contributed by atoms with Gasteiger partial charge in [0.2, 0.25) is 31.7 Å². The number of carbonyl (C=O) groups is 3. The van der Waals surface area contributed by atoms with Gasteiger partial charge in [0.1, 0.15) is 31.1 Å². The van der Waals surface area contributed by atoms with Crippen molar-refractivity contribution in [1.29, 1.82) is 0 Å². The van der Waals surface area contributed by atoms with Crippen LogP contribution in [-0.4, -0.2) is 83.7 Å². The molecule has 3 N–H and O–H groups in total. The number of hydrogen-bond donors (Lipinski definition) is 3. The summed E-state index contributed by atoms with van der Waals surface area (Å²) in [4.78, 5) is 40.0. The Hall–Kier alpha value is -4.38. The van der Waals surface area contributed by atoms with Crippen LogP contribution in [0.5, 0.6) is 11.5 Å². The van der Waals surface area contributed by atoms with Gasteiger partial charge in [-0.1, -0.05) is 37.3 Å². The zero-order chi connectivity index (χ0) is 34.5. The van der Waals surface area contributed by atoms with E-state index in [1.54, 1.807) is 43.3 Å². The van der Waals surface area contributed by atoms with E-state index in [2.05, 4.69) is 15.4 Å². The van der Waals surface area contributed by atoms with Crippen molar-refractivity contribution < 1.29 is 45.1 Å². The average Bonchev–Trinajstić information content (AvgIpc) is 3.07. The van der Waals surface area contributed by atoms with Crippen LogP contribution < -0.4 is 24.8 Å². The topological polar surface area (TPSA) is 177 Å². The Morgan fingerprint density at radius 1 is 0.979 bits per heavy atom. The summed E-state index contributed by atoms with van der Waals surface area (Å²) in [7, 11) is -8.04. The molecule has 2 amide bonds. The highest BCUT2D eigenvalue weighted by atomic mass is 32.2. The second-order valence-corrected chi connectivity index (χ2v) is 14.7. The maximum absolute atomic E-state index is 13.8. The monoisotopic (exact) mass is 702 g/mol. The molecule has 5 rings (SSSR count). The maximum Gasteiger partial charge on any atom is 0.289 e. The van der Waals surface area contributed by atoms with Gasteiger partial charge in [-0.25, -0.2) is 25.9 Å². The number of nitrogens with zero attached hydrogens (tertiary/aromatic N) is 1. The highest BCUT2D eigenvalue weighted by molar-refractivity contribution is 7.89. The lowest BCUT2D eigenvalue weighted by atomic mass is 9.99. The minimum absolute atomic E-state index is 0.00283. The van der Waals surface area contributed by atoms with Crippen molar-refractivity contribution in [1.82, 2.24) is 19.7 Å². The van der Waals surface area contributed by atoms with Crippen molar-refractivity contribution >= 4 is 37.6 Å². The van der Waals surface area contributed by atoms with Crippen LogP contribution in [0.2, 0.25) is 0 Å². The second kappa shape index (κ2) is 14.8. The van der Waals surface area contributed by atoms with Crippen molar-refractivity contribution in [3.8, 4) is 11.5 Å². The summed E-state index contributed by atoms with van der Waals surface area (Å²) in [5.41, 5.74) is 1.01. The Labute approximate surface area is 277 Å². The van der Waals surface area contributed by atoms with Gasteiger partial charge in [-0.2, -0.15) is 4.31 Å². The van der Waals surface area contributed by atoms with Crippen molar-refractivity contribution in [2.45, 2.75) is 48.1 Å². The number of Topliss-reactive ketones (excluding diaryl/α,β-unsaturated/α-hetero) is 1. The lowest BCUT2D eigenvalue weighted by molar-refractivity contribution is -0.140. The number of ether oxygens (including phenoxy) is 2. The summed E-state index contributed by atoms with van der Waals surface area (Å²) >= 11 is 0. The molecule has 0 spiro atoms. The highest BCUT2D eigenvalue weighted by Crippen LogP contribution is 2.39. The minimum Gasteiger partial charge on any atom is -0.486 e. The molecule has 0 saturated carbocycles. The zero-order valence-electron chi connectivity index (χ0n) is 26.0. The van der Waals surface area contributed by atoms with Gasteiger partial charge in [0.25, 0.3) is 5.91 Å². The molecule has 13 nitrogen and oxygen atoms in total. The molecule has 1 unspecified atom stereocenters. The van der Waals surface area contributed by atoms with Crippen LogP contribution in [0.4, 0.5) is 4.39 Å². The first kappa shape index (κ1) is 34.9. The lowest BCUT2D eigenvalue weighted by Crippen LogP contribution is -2.57. The number of halogens is 1. The first-order chi connectivity index (χ1) is 22.9. The number of hydrogen-bond acceptors (Lipinski definition) is 9. The summed E-state index contributed by atoms with van der Waals surface area (Å²) in [6.45, 7) is 1.98. The van der Waals surface area contributed by atoms with Crippen LogP contribution in [0.3, 0.4) is 0 Å². The van der Waals surface area contributed by atoms with E-state index in [1.165, 1.54) is 6.07 Å². The third kappa shape index (κ3) is 7.84. The fraction of sp³-hybridized carbons (Fsp3) is 0.344. The van der Waals surface area contributed by atoms with Crippen LogP contribution in [0.25, 0.3) is 0 Å². The first-order valence-electron chi connectivity index (χ1n) is 15.3. The van der Waals surface area contributed by atoms with Gasteiger partial charge >= 0.3 is 0 Å². The lowest BCUT2D eigenvalue weighted by Gasteiger charge is -2.35. The van der Waals surface area contributed by atoms with E-state index in [0.717, 1.165) is 28.6 Å². The maximum atomic E-state index is 13.8. The molecule has 0 aromatic heterocycles. The van der Waals surface area contributed by atoms with E-state index < -0.39 is 55.5 Å². The van der Waals surface area contributed by atoms with Crippen molar-refractivity contribution in [2.75, 3.05) is 32.8 Å². The first-order valence-corrected chi connectivity index (χ1v) is 18.2. The Balaban J connectivity index is 1.26. The number of nitrogens with one attached hydrogen (secondary N) is 3. The van der Waals surface area contributed by atoms with Gasteiger partial charge in [0.05, 0.1) is 9.79 Å². The largest absolute Gasteiger partial charge is 0.486 e. The Bertz CT molecular complexity index is 1890. The number of sulfonamides is 2. The van der Waals surface area contributed by atoms with Gasteiger partial charge in [-0.3, -0.25) is 14.4 Å². The molecular weight excluding hydrogens is 668 g/mol. The van der Waals surface area contributed by atoms with E-state index in [-0.39, 0.29) is 55.3 Å². The second-order valence-electron chi connectivity index (χ2n) is 11.1. The fourth-order valence-corrected chi connectivity index (χ4v) is 8.40. The fourth-order valence-electron chi connectivity index (χ4n) is 5.50. The van der Waals surface area contributed by atoms with E-state index >= 15 is 0 Å². The number of rotatable bonds is 13. The number of ketones is 1. The Kier molecular flexibility index (Phi) is 10.8. The summed E-state index contributed by atoms with van der Waals surface area (Å²) < 4.78 is 79.8. The molecule has 0 saturated heterocycles. The third-order valence-electron chi connectivity index (χ3n) is 7.88. The molecule has 16 heteroatoms. The molecule has 0 fully saturated rings. The van der Waals surface area contributed by atoms with Crippen molar-refractivity contribution in [3.05, 3.63) is 83.7 Å². The normalized spacial score (nSPS) is 17.5. The number of likely N-dealkylation sites (N-methyl/N-ethyl adjacent to an activating group) is 1. The molecule has 48 heavy (non-hydrogen) atoms. The predicted molar refractivity (Wildman–Crippen MR) is 171 cm³/mol. The van der Waals surface area contributed by atoms with Crippen LogP contribution in [0, 0.1) is 5.82 Å². The highest BCUT2D eigenvalue weighted by Gasteiger charge is 2.43.